The molecule has 1 heterocycles. The third kappa shape index (κ3) is 3.54. The minimum atomic E-state index is -0.0595. The predicted molar refractivity (Wildman–Crippen MR) is 117 cm³/mol. The molecule has 4 heteroatoms. The van der Waals surface area contributed by atoms with Crippen LogP contribution in [0.2, 0.25) is 0 Å². The third-order valence-corrected chi connectivity index (χ3v) is 5.06. The molecule has 0 spiro atoms. The van der Waals surface area contributed by atoms with E-state index in [1.807, 2.05) is 24.4 Å². The molecule has 0 radical (unpaired) electrons. The molecule has 4 aromatic rings. The van der Waals surface area contributed by atoms with E-state index in [1.165, 1.54) is 29.0 Å². The lowest BCUT2D eigenvalue weighted by atomic mass is 9.95. The largest absolute Gasteiger partial charge is 0.397 e. The third-order valence-electron chi connectivity index (χ3n) is 5.06. The molecule has 0 atom stereocenters. The summed E-state index contributed by atoms with van der Waals surface area (Å²) in [6.07, 6.45) is 3.64. The zero-order valence-corrected chi connectivity index (χ0v) is 16.1. The summed E-state index contributed by atoms with van der Waals surface area (Å²) in [5.41, 5.74) is 12.4. The minimum Gasteiger partial charge on any atom is -0.397 e. The van der Waals surface area contributed by atoms with Crippen LogP contribution in [0.3, 0.4) is 0 Å². The van der Waals surface area contributed by atoms with Crippen molar-refractivity contribution in [3.8, 4) is 0 Å². The van der Waals surface area contributed by atoms with Crippen molar-refractivity contribution in [1.82, 2.24) is 4.98 Å². The second-order valence-electron chi connectivity index (χ2n) is 7.26. The van der Waals surface area contributed by atoms with E-state index in [0.29, 0.717) is 0 Å². The fourth-order valence-corrected chi connectivity index (χ4v) is 3.73. The van der Waals surface area contributed by atoms with E-state index in [9.17, 15) is 4.79 Å². The molecule has 140 valence electrons. The second kappa shape index (κ2) is 7.31. The zero-order chi connectivity index (χ0) is 19.7. The molecule has 3 N–H and O–H groups in total. The SMILES string of the molecule is CC(=O)Nc1ccc(CCc2ccnc3c(N)cc4cc(C)ccc4c23)cc1. The van der Waals surface area contributed by atoms with Crippen molar-refractivity contribution in [2.24, 2.45) is 0 Å². The number of nitrogens with one attached hydrogen (secondary N) is 1. The van der Waals surface area contributed by atoms with Crippen molar-refractivity contribution in [3.63, 3.8) is 0 Å². The highest BCUT2D eigenvalue weighted by Gasteiger charge is 2.10. The molecule has 0 fully saturated rings. The molecule has 1 aromatic heterocycles. The van der Waals surface area contributed by atoms with Crippen molar-refractivity contribution in [3.05, 3.63) is 77.5 Å². The molecule has 0 bridgehead atoms. The molecule has 0 aliphatic heterocycles. The summed E-state index contributed by atoms with van der Waals surface area (Å²) in [6, 6.07) is 18.6. The first-order chi connectivity index (χ1) is 13.5. The van der Waals surface area contributed by atoms with E-state index in [0.717, 1.165) is 40.5 Å². The Kier molecular flexibility index (Phi) is 4.70. The number of anilines is 2. The van der Waals surface area contributed by atoms with Gasteiger partial charge in [0, 0.05) is 24.2 Å². The van der Waals surface area contributed by atoms with Crippen LogP contribution < -0.4 is 11.1 Å². The summed E-state index contributed by atoms with van der Waals surface area (Å²) >= 11 is 0. The van der Waals surface area contributed by atoms with E-state index in [-0.39, 0.29) is 5.91 Å². The van der Waals surface area contributed by atoms with Gasteiger partial charge in [0.1, 0.15) is 0 Å². The van der Waals surface area contributed by atoms with Gasteiger partial charge in [-0.25, -0.2) is 0 Å². The van der Waals surface area contributed by atoms with Crippen LogP contribution in [0.1, 0.15) is 23.6 Å². The molecule has 0 aliphatic carbocycles. The van der Waals surface area contributed by atoms with Crippen molar-refractivity contribution in [2.45, 2.75) is 26.7 Å². The molecule has 0 saturated heterocycles. The van der Waals surface area contributed by atoms with Crippen LogP contribution in [0.4, 0.5) is 11.4 Å². The Balaban J connectivity index is 1.69. The molecule has 0 saturated carbocycles. The number of pyridine rings is 1. The van der Waals surface area contributed by atoms with Crippen molar-refractivity contribution < 1.29 is 4.79 Å². The molecular weight excluding hydrogens is 346 g/mol. The Morgan fingerprint density at radius 2 is 1.82 bits per heavy atom. The number of benzene rings is 3. The number of hydrogen-bond acceptors (Lipinski definition) is 3. The average Bonchev–Trinajstić information content (AvgIpc) is 2.67. The second-order valence-corrected chi connectivity index (χ2v) is 7.26. The van der Waals surface area contributed by atoms with Crippen LogP contribution in [0.15, 0.2) is 60.8 Å². The first-order valence-electron chi connectivity index (χ1n) is 9.44. The van der Waals surface area contributed by atoms with Crippen LogP contribution in [0, 0.1) is 6.92 Å². The lowest BCUT2D eigenvalue weighted by Gasteiger charge is -2.12. The Bertz CT molecular complexity index is 1180. The summed E-state index contributed by atoms with van der Waals surface area (Å²) in [5, 5.41) is 6.29. The maximum atomic E-state index is 11.2. The summed E-state index contributed by atoms with van der Waals surface area (Å²) in [6.45, 7) is 3.61. The topological polar surface area (TPSA) is 68.0 Å². The Hall–Kier alpha value is -3.40. The van der Waals surface area contributed by atoms with Crippen molar-refractivity contribution in [1.29, 1.82) is 0 Å². The van der Waals surface area contributed by atoms with Gasteiger partial charge in [-0.1, -0.05) is 35.9 Å². The van der Waals surface area contributed by atoms with Crippen molar-refractivity contribution >= 4 is 39.0 Å². The van der Waals surface area contributed by atoms with E-state index in [4.69, 9.17) is 5.73 Å². The van der Waals surface area contributed by atoms with E-state index in [2.05, 4.69) is 53.6 Å². The number of nitrogens with two attached hydrogens (primary N) is 1. The lowest BCUT2D eigenvalue weighted by molar-refractivity contribution is -0.114. The van der Waals surface area contributed by atoms with Gasteiger partial charge in [-0.05, 0) is 65.9 Å². The van der Waals surface area contributed by atoms with Gasteiger partial charge in [0.2, 0.25) is 5.91 Å². The quantitative estimate of drug-likeness (QED) is 0.392. The van der Waals surface area contributed by atoms with Gasteiger partial charge in [-0.3, -0.25) is 9.78 Å². The van der Waals surface area contributed by atoms with Gasteiger partial charge >= 0.3 is 0 Å². The maximum Gasteiger partial charge on any atom is 0.221 e. The van der Waals surface area contributed by atoms with Gasteiger partial charge in [0.15, 0.2) is 0 Å². The number of carbonyl (C=O) groups is 1. The number of amides is 1. The van der Waals surface area contributed by atoms with Crippen LogP contribution in [0.5, 0.6) is 0 Å². The monoisotopic (exact) mass is 369 g/mol. The number of nitrogens with zero attached hydrogens (tertiary/aromatic N) is 1. The first-order valence-corrected chi connectivity index (χ1v) is 9.44. The maximum absolute atomic E-state index is 11.2. The fraction of sp³-hybridized carbons (Fsp3) is 0.167. The summed E-state index contributed by atoms with van der Waals surface area (Å²) in [5.74, 6) is -0.0595. The highest BCUT2D eigenvalue weighted by molar-refractivity contribution is 6.12. The first kappa shape index (κ1) is 18.0. The fourth-order valence-electron chi connectivity index (χ4n) is 3.73. The molecule has 3 aromatic carbocycles. The summed E-state index contributed by atoms with van der Waals surface area (Å²) < 4.78 is 0. The number of fused-ring (bicyclic) bond motifs is 3. The molecule has 1 amide bonds. The Labute approximate surface area is 164 Å². The Morgan fingerprint density at radius 3 is 2.57 bits per heavy atom. The number of nitrogen functional groups attached to an aromatic ring is 1. The minimum absolute atomic E-state index is 0.0595. The van der Waals surface area contributed by atoms with Gasteiger partial charge < -0.3 is 11.1 Å². The number of aryl methyl sites for hydroxylation is 3. The lowest BCUT2D eigenvalue weighted by Crippen LogP contribution is -2.05. The van der Waals surface area contributed by atoms with Gasteiger partial charge in [-0.15, -0.1) is 0 Å². The molecular formula is C24H23N3O. The highest BCUT2D eigenvalue weighted by atomic mass is 16.1. The van der Waals surface area contributed by atoms with Crippen LogP contribution in [-0.4, -0.2) is 10.9 Å². The van der Waals surface area contributed by atoms with E-state index >= 15 is 0 Å². The summed E-state index contributed by atoms with van der Waals surface area (Å²) in [4.78, 5) is 15.7. The molecule has 0 unspecified atom stereocenters. The van der Waals surface area contributed by atoms with Crippen LogP contribution in [-0.2, 0) is 17.6 Å². The van der Waals surface area contributed by atoms with Crippen molar-refractivity contribution in [2.75, 3.05) is 11.1 Å². The van der Waals surface area contributed by atoms with Gasteiger partial charge in [-0.2, -0.15) is 0 Å². The van der Waals surface area contributed by atoms with E-state index < -0.39 is 0 Å². The number of hydrogen-bond donors (Lipinski definition) is 2. The number of aromatic nitrogens is 1. The Morgan fingerprint density at radius 1 is 1.04 bits per heavy atom. The van der Waals surface area contributed by atoms with Crippen LogP contribution in [0.25, 0.3) is 21.7 Å². The van der Waals surface area contributed by atoms with Gasteiger partial charge in [0.25, 0.3) is 0 Å². The zero-order valence-electron chi connectivity index (χ0n) is 16.1. The number of rotatable bonds is 4. The molecule has 4 nitrogen and oxygen atoms in total. The van der Waals surface area contributed by atoms with E-state index in [1.54, 1.807) is 0 Å². The molecule has 28 heavy (non-hydrogen) atoms. The molecule has 4 rings (SSSR count). The standard InChI is InChI=1S/C24H23N3O/c1-15-3-10-21-19(13-15)14-22(25)24-23(21)18(11-12-26-24)7-4-17-5-8-20(9-6-17)27-16(2)28/h3,5-6,8-14H,4,7,25H2,1-2H3,(H,27,28). The van der Waals surface area contributed by atoms with Crippen LogP contribution >= 0.6 is 0 Å². The summed E-state index contributed by atoms with van der Waals surface area (Å²) in [7, 11) is 0. The highest BCUT2D eigenvalue weighted by Crippen LogP contribution is 2.32. The average molecular weight is 369 g/mol. The number of carbonyl (C=O) groups excluding carboxylic acids is 1. The smallest absolute Gasteiger partial charge is 0.221 e. The predicted octanol–water partition coefficient (Wildman–Crippen LogP) is 5.02. The molecule has 0 aliphatic rings. The van der Waals surface area contributed by atoms with Gasteiger partial charge in [0.05, 0.1) is 11.2 Å². The normalized spacial score (nSPS) is 11.1.